The van der Waals surface area contributed by atoms with Crippen molar-refractivity contribution in [1.82, 2.24) is 5.32 Å². The minimum absolute atomic E-state index is 0.359. The summed E-state index contributed by atoms with van der Waals surface area (Å²) in [6, 6.07) is 7.95. The van der Waals surface area contributed by atoms with Crippen LogP contribution in [-0.4, -0.2) is 11.9 Å². The second-order valence-electron chi connectivity index (χ2n) is 4.77. The molecule has 0 fully saturated rings. The molecule has 0 heterocycles. The number of carbonyl (C=O) groups is 1. The van der Waals surface area contributed by atoms with Gasteiger partial charge in [-0.3, -0.25) is 4.79 Å². The monoisotopic (exact) mass is 248 g/mol. The van der Waals surface area contributed by atoms with Gasteiger partial charge < -0.3 is 11.1 Å². The number of primary amides is 1. The zero-order chi connectivity index (χ0) is 13.5. The first kappa shape index (κ1) is 14.7. The van der Waals surface area contributed by atoms with Crippen LogP contribution in [0.25, 0.3) is 0 Å². The summed E-state index contributed by atoms with van der Waals surface area (Å²) in [4.78, 5) is 11.3. The lowest BCUT2D eigenvalue weighted by Crippen LogP contribution is -2.33. The summed E-state index contributed by atoms with van der Waals surface area (Å²) in [6.07, 6.45) is 2.34. The molecule has 0 aliphatic rings. The summed E-state index contributed by atoms with van der Waals surface area (Å²) in [5.74, 6) is 0.313. The third-order valence-electron chi connectivity index (χ3n) is 3.65. The van der Waals surface area contributed by atoms with Crippen LogP contribution in [0.3, 0.4) is 0 Å². The first-order valence-corrected chi connectivity index (χ1v) is 6.71. The van der Waals surface area contributed by atoms with E-state index in [-0.39, 0.29) is 5.91 Å². The SMILES string of the molecule is CCC(CC)C(C)NCc1ccccc1C(N)=O. The molecule has 0 spiro atoms. The van der Waals surface area contributed by atoms with Crippen LogP contribution in [0.5, 0.6) is 0 Å². The van der Waals surface area contributed by atoms with Gasteiger partial charge >= 0.3 is 0 Å². The lowest BCUT2D eigenvalue weighted by Gasteiger charge is -2.23. The molecule has 100 valence electrons. The number of rotatable bonds is 7. The molecule has 0 aromatic heterocycles. The van der Waals surface area contributed by atoms with Crippen LogP contribution in [0, 0.1) is 5.92 Å². The molecule has 0 aliphatic carbocycles. The Morgan fingerprint density at radius 2 is 1.89 bits per heavy atom. The number of benzene rings is 1. The van der Waals surface area contributed by atoms with Crippen molar-refractivity contribution in [2.45, 2.75) is 46.2 Å². The number of nitrogens with two attached hydrogens (primary N) is 1. The molecule has 3 N–H and O–H groups in total. The predicted octanol–water partition coefficient (Wildman–Crippen LogP) is 2.70. The number of hydrogen-bond donors (Lipinski definition) is 2. The highest BCUT2D eigenvalue weighted by atomic mass is 16.1. The maximum absolute atomic E-state index is 11.3. The summed E-state index contributed by atoms with van der Waals surface area (Å²) in [5, 5.41) is 3.49. The Morgan fingerprint density at radius 1 is 1.28 bits per heavy atom. The van der Waals surface area contributed by atoms with Gasteiger partial charge in [-0.2, -0.15) is 0 Å². The molecule has 0 saturated carbocycles. The number of hydrogen-bond acceptors (Lipinski definition) is 2. The molecular weight excluding hydrogens is 224 g/mol. The van der Waals surface area contributed by atoms with E-state index in [1.165, 1.54) is 12.8 Å². The normalized spacial score (nSPS) is 12.7. The van der Waals surface area contributed by atoms with Crippen LogP contribution < -0.4 is 11.1 Å². The van der Waals surface area contributed by atoms with Crippen molar-refractivity contribution < 1.29 is 4.79 Å². The smallest absolute Gasteiger partial charge is 0.249 e. The van der Waals surface area contributed by atoms with E-state index >= 15 is 0 Å². The van der Waals surface area contributed by atoms with Crippen LogP contribution in [0.2, 0.25) is 0 Å². The molecule has 1 atom stereocenters. The Kier molecular flexibility index (Phi) is 5.86. The molecule has 3 nitrogen and oxygen atoms in total. The molecule has 0 bridgehead atoms. The molecule has 3 heteroatoms. The van der Waals surface area contributed by atoms with E-state index in [9.17, 15) is 4.79 Å². The van der Waals surface area contributed by atoms with Crippen molar-refractivity contribution >= 4 is 5.91 Å². The van der Waals surface area contributed by atoms with Gasteiger partial charge in [-0.05, 0) is 24.5 Å². The van der Waals surface area contributed by atoms with Gasteiger partial charge in [-0.1, -0.05) is 44.9 Å². The van der Waals surface area contributed by atoms with Gasteiger partial charge in [-0.25, -0.2) is 0 Å². The molecule has 0 saturated heterocycles. The number of nitrogens with one attached hydrogen (secondary N) is 1. The highest BCUT2D eigenvalue weighted by Crippen LogP contribution is 2.14. The van der Waals surface area contributed by atoms with Gasteiger partial charge in [0.2, 0.25) is 5.91 Å². The standard InChI is InChI=1S/C15H24N2O/c1-4-12(5-2)11(3)17-10-13-8-6-7-9-14(13)15(16)18/h6-9,11-12,17H,4-5,10H2,1-3H3,(H2,16,18). The topological polar surface area (TPSA) is 55.1 Å². The molecule has 1 aromatic carbocycles. The van der Waals surface area contributed by atoms with Crippen LogP contribution >= 0.6 is 0 Å². The lowest BCUT2D eigenvalue weighted by molar-refractivity contribution is 0.0999. The fourth-order valence-electron chi connectivity index (χ4n) is 2.35. The van der Waals surface area contributed by atoms with Crippen molar-refractivity contribution in [2.75, 3.05) is 0 Å². The van der Waals surface area contributed by atoms with Crippen molar-refractivity contribution in [3.8, 4) is 0 Å². The quantitative estimate of drug-likeness (QED) is 0.779. The second-order valence-corrected chi connectivity index (χ2v) is 4.77. The van der Waals surface area contributed by atoms with Gasteiger partial charge in [0, 0.05) is 18.2 Å². The third kappa shape index (κ3) is 3.84. The Balaban J connectivity index is 2.66. The Labute approximate surface area is 110 Å². The van der Waals surface area contributed by atoms with E-state index in [1.807, 2.05) is 18.2 Å². The summed E-state index contributed by atoms with van der Waals surface area (Å²) in [7, 11) is 0. The Hall–Kier alpha value is -1.35. The van der Waals surface area contributed by atoms with Gasteiger partial charge in [0.1, 0.15) is 0 Å². The summed E-state index contributed by atoms with van der Waals surface area (Å²) < 4.78 is 0. The molecule has 1 rings (SSSR count). The minimum Gasteiger partial charge on any atom is -0.366 e. The van der Waals surface area contributed by atoms with Crippen LogP contribution in [0.1, 0.15) is 49.5 Å². The molecule has 1 amide bonds. The number of carbonyl (C=O) groups excluding carboxylic acids is 1. The third-order valence-corrected chi connectivity index (χ3v) is 3.65. The van der Waals surface area contributed by atoms with E-state index < -0.39 is 0 Å². The van der Waals surface area contributed by atoms with Crippen molar-refractivity contribution in [2.24, 2.45) is 11.7 Å². The molecule has 0 aliphatic heterocycles. The maximum atomic E-state index is 11.3. The average molecular weight is 248 g/mol. The predicted molar refractivity (Wildman–Crippen MR) is 75.3 cm³/mol. The van der Waals surface area contributed by atoms with E-state index in [4.69, 9.17) is 5.73 Å². The van der Waals surface area contributed by atoms with Crippen molar-refractivity contribution in [3.63, 3.8) is 0 Å². The highest BCUT2D eigenvalue weighted by Gasteiger charge is 2.14. The van der Waals surface area contributed by atoms with Gasteiger partial charge in [0.05, 0.1) is 0 Å². The molecule has 1 aromatic rings. The zero-order valence-corrected chi connectivity index (χ0v) is 11.6. The second kappa shape index (κ2) is 7.17. The summed E-state index contributed by atoms with van der Waals surface area (Å²) in [6.45, 7) is 7.31. The van der Waals surface area contributed by atoms with Gasteiger partial charge in [0.25, 0.3) is 0 Å². The minimum atomic E-state index is -0.359. The fourth-order valence-corrected chi connectivity index (χ4v) is 2.35. The molecule has 0 radical (unpaired) electrons. The Morgan fingerprint density at radius 3 is 2.44 bits per heavy atom. The van der Waals surface area contributed by atoms with E-state index in [1.54, 1.807) is 6.07 Å². The van der Waals surface area contributed by atoms with Crippen LogP contribution in [0.15, 0.2) is 24.3 Å². The average Bonchev–Trinajstić information content (AvgIpc) is 2.38. The van der Waals surface area contributed by atoms with E-state index in [2.05, 4.69) is 26.1 Å². The maximum Gasteiger partial charge on any atom is 0.249 e. The molecule has 18 heavy (non-hydrogen) atoms. The fraction of sp³-hybridized carbons (Fsp3) is 0.533. The largest absolute Gasteiger partial charge is 0.366 e. The van der Waals surface area contributed by atoms with Gasteiger partial charge in [-0.15, -0.1) is 0 Å². The lowest BCUT2D eigenvalue weighted by atomic mass is 9.95. The summed E-state index contributed by atoms with van der Waals surface area (Å²) >= 11 is 0. The van der Waals surface area contributed by atoms with Gasteiger partial charge in [0.15, 0.2) is 0 Å². The molecular formula is C15H24N2O. The number of amides is 1. The van der Waals surface area contributed by atoms with Crippen LogP contribution in [-0.2, 0) is 6.54 Å². The Bertz CT molecular complexity index is 386. The van der Waals surface area contributed by atoms with Crippen LogP contribution in [0.4, 0.5) is 0 Å². The summed E-state index contributed by atoms with van der Waals surface area (Å²) in [5.41, 5.74) is 6.95. The zero-order valence-electron chi connectivity index (χ0n) is 11.6. The van der Waals surface area contributed by atoms with E-state index in [0.29, 0.717) is 24.1 Å². The molecule has 1 unspecified atom stereocenters. The first-order valence-electron chi connectivity index (χ1n) is 6.71. The highest BCUT2D eigenvalue weighted by molar-refractivity contribution is 5.94. The van der Waals surface area contributed by atoms with Crippen molar-refractivity contribution in [1.29, 1.82) is 0 Å². The van der Waals surface area contributed by atoms with E-state index in [0.717, 1.165) is 5.56 Å². The first-order chi connectivity index (χ1) is 8.60. The van der Waals surface area contributed by atoms with Crippen molar-refractivity contribution in [3.05, 3.63) is 35.4 Å².